The van der Waals surface area contributed by atoms with Crippen molar-refractivity contribution in [2.24, 2.45) is 0 Å². The number of aromatic hydroxyl groups is 1. The fourth-order valence-corrected chi connectivity index (χ4v) is 2.19. The molecule has 0 aliphatic heterocycles. The molecule has 0 saturated carbocycles. The number of hydrogen-bond acceptors (Lipinski definition) is 3. The normalized spacial score (nSPS) is 10.4. The van der Waals surface area contributed by atoms with Gasteiger partial charge in [0.1, 0.15) is 11.5 Å². The van der Waals surface area contributed by atoms with Crippen molar-refractivity contribution in [3.8, 4) is 33.9 Å². The second-order valence-corrected chi connectivity index (χ2v) is 4.41. The van der Waals surface area contributed by atoms with Crippen LogP contribution in [0.5, 0.6) is 11.5 Å². The first-order valence-corrected chi connectivity index (χ1v) is 6.26. The van der Waals surface area contributed by atoms with E-state index in [-0.39, 0.29) is 5.75 Å². The fourth-order valence-electron chi connectivity index (χ4n) is 2.19. The Hall–Kier alpha value is -2.75. The van der Waals surface area contributed by atoms with E-state index in [1.54, 1.807) is 25.4 Å². The maximum Gasteiger partial charge on any atom is 0.124 e. The molecule has 0 aliphatic carbocycles. The molecule has 3 aromatic rings. The molecule has 0 spiro atoms. The maximum absolute atomic E-state index is 9.98. The molecule has 0 unspecified atom stereocenters. The lowest BCUT2D eigenvalue weighted by Gasteiger charge is -2.07. The van der Waals surface area contributed by atoms with E-state index in [4.69, 9.17) is 4.74 Å². The van der Waals surface area contributed by atoms with Crippen molar-refractivity contribution < 1.29 is 9.84 Å². The molecule has 0 bridgehead atoms. The zero-order valence-electron chi connectivity index (χ0n) is 11.0. The number of ether oxygens (including phenoxy) is 1. The minimum atomic E-state index is 0.223. The number of methoxy groups -OCH3 is 1. The lowest BCUT2D eigenvalue weighted by Crippen LogP contribution is -1.86. The molecule has 4 nitrogen and oxygen atoms in total. The molecule has 1 heterocycles. The highest BCUT2D eigenvalue weighted by Crippen LogP contribution is 2.35. The molecule has 100 valence electrons. The molecule has 0 fully saturated rings. The molecular weight excluding hydrogens is 252 g/mol. The number of para-hydroxylation sites is 1. The fraction of sp³-hybridized carbons (Fsp3) is 0.0625. The van der Waals surface area contributed by atoms with Gasteiger partial charge in [-0.1, -0.05) is 24.3 Å². The van der Waals surface area contributed by atoms with Gasteiger partial charge in [0.2, 0.25) is 0 Å². The largest absolute Gasteiger partial charge is 0.507 e. The third-order valence-electron chi connectivity index (χ3n) is 3.19. The Kier molecular flexibility index (Phi) is 3.13. The topological polar surface area (TPSA) is 58.1 Å². The zero-order chi connectivity index (χ0) is 13.9. The van der Waals surface area contributed by atoms with Crippen LogP contribution < -0.4 is 4.74 Å². The number of hydrogen-bond donors (Lipinski definition) is 2. The van der Waals surface area contributed by atoms with Crippen LogP contribution in [-0.4, -0.2) is 22.4 Å². The molecule has 1 aromatic heterocycles. The highest BCUT2D eigenvalue weighted by atomic mass is 16.5. The number of aromatic nitrogens is 2. The molecule has 2 aromatic carbocycles. The van der Waals surface area contributed by atoms with Gasteiger partial charge < -0.3 is 9.84 Å². The van der Waals surface area contributed by atoms with E-state index in [0.717, 1.165) is 28.1 Å². The number of nitrogens with zero attached hydrogens (tertiary/aromatic N) is 1. The average Bonchev–Trinajstić information content (AvgIpc) is 2.97. The van der Waals surface area contributed by atoms with Crippen LogP contribution in [0.3, 0.4) is 0 Å². The van der Waals surface area contributed by atoms with E-state index in [1.807, 2.05) is 36.4 Å². The van der Waals surface area contributed by atoms with E-state index in [2.05, 4.69) is 10.2 Å². The SMILES string of the molecule is COc1cccc(-c2cn[nH]c2-c2ccccc2O)c1. The predicted molar refractivity (Wildman–Crippen MR) is 77.7 cm³/mol. The first kappa shape index (κ1) is 12.3. The van der Waals surface area contributed by atoms with Crippen molar-refractivity contribution in [1.82, 2.24) is 10.2 Å². The van der Waals surface area contributed by atoms with Crippen molar-refractivity contribution in [3.63, 3.8) is 0 Å². The van der Waals surface area contributed by atoms with Gasteiger partial charge in [-0.05, 0) is 29.8 Å². The van der Waals surface area contributed by atoms with Crippen molar-refractivity contribution in [1.29, 1.82) is 0 Å². The molecule has 4 heteroatoms. The van der Waals surface area contributed by atoms with Gasteiger partial charge in [0.05, 0.1) is 19.0 Å². The smallest absolute Gasteiger partial charge is 0.124 e. The Labute approximate surface area is 116 Å². The van der Waals surface area contributed by atoms with Crippen molar-refractivity contribution in [2.45, 2.75) is 0 Å². The lowest BCUT2D eigenvalue weighted by atomic mass is 10.0. The summed E-state index contributed by atoms with van der Waals surface area (Å²) in [5.74, 6) is 1.01. The Morgan fingerprint density at radius 1 is 1.05 bits per heavy atom. The molecule has 0 atom stereocenters. The zero-order valence-corrected chi connectivity index (χ0v) is 11.0. The summed E-state index contributed by atoms with van der Waals surface area (Å²) in [4.78, 5) is 0. The first-order valence-electron chi connectivity index (χ1n) is 6.26. The average molecular weight is 266 g/mol. The lowest BCUT2D eigenvalue weighted by molar-refractivity contribution is 0.415. The maximum atomic E-state index is 9.98. The number of phenolic OH excluding ortho intramolecular Hbond substituents is 1. The number of aromatic amines is 1. The molecular formula is C16H14N2O2. The van der Waals surface area contributed by atoms with Gasteiger partial charge in [-0.3, -0.25) is 5.10 Å². The quantitative estimate of drug-likeness (QED) is 0.763. The number of phenols is 1. The standard InChI is InChI=1S/C16H14N2O2/c1-20-12-6-4-5-11(9-12)14-10-17-18-16(14)13-7-2-3-8-15(13)19/h2-10,19H,1H3,(H,17,18). The minimum absolute atomic E-state index is 0.223. The van der Waals surface area contributed by atoms with Gasteiger partial charge in [-0.25, -0.2) is 0 Å². The third kappa shape index (κ3) is 2.12. The van der Waals surface area contributed by atoms with Crippen LogP contribution in [0.15, 0.2) is 54.7 Å². The Balaban J connectivity index is 2.13. The van der Waals surface area contributed by atoms with E-state index in [9.17, 15) is 5.11 Å². The number of nitrogens with one attached hydrogen (secondary N) is 1. The van der Waals surface area contributed by atoms with Crippen LogP contribution in [-0.2, 0) is 0 Å². The van der Waals surface area contributed by atoms with E-state index in [0.29, 0.717) is 0 Å². The van der Waals surface area contributed by atoms with E-state index in [1.165, 1.54) is 0 Å². The second-order valence-electron chi connectivity index (χ2n) is 4.41. The summed E-state index contributed by atoms with van der Waals surface area (Å²) in [5.41, 5.74) is 3.42. The third-order valence-corrected chi connectivity index (χ3v) is 3.19. The monoisotopic (exact) mass is 266 g/mol. The predicted octanol–water partition coefficient (Wildman–Crippen LogP) is 3.46. The van der Waals surface area contributed by atoms with Gasteiger partial charge in [-0.2, -0.15) is 5.10 Å². The Bertz CT molecular complexity index is 735. The number of H-pyrrole nitrogens is 1. The summed E-state index contributed by atoms with van der Waals surface area (Å²) in [6.45, 7) is 0. The Morgan fingerprint density at radius 3 is 2.70 bits per heavy atom. The van der Waals surface area contributed by atoms with Gasteiger partial charge in [0, 0.05) is 11.1 Å². The van der Waals surface area contributed by atoms with Crippen molar-refractivity contribution >= 4 is 0 Å². The summed E-state index contributed by atoms with van der Waals surface area (Å²) >= 11 is 0. The van der Waals surface area contributed by atoms with Crippen LogP contribution >= 0.6 is 0 Å². The van der Waals surface area contributed by atoms with Crippen LogP contribution in [0.2, 0.25) is 0 Å². The first-order chi connectivity index (χ1) is 9.79. The number of rotatable bonds is 3. The van der Waals surface area contributed by atoms with Crippen molar-refractivity contribution in [2.75, 3.05) is 7.11 Å². The van der Waals surface area contributed by atoms with Crippen LogP contribution in [0.4, 0.5) is 0 Å². The molecule has 0 saturated heterocycles. The second kappa shape index (κ2) is 5.09. The summed E-state index contributed by atoms with van der Waals surface area (Å²) in [7, 11) is 1.64. The highest BCUT2D eigenvalue weighted by molar-refractivity contribution is 5.83. The molecule has 0 aliphatic rings. The van der Waals surface area contributed by atoms with Crippen LogP contribution in [0.1, 0.15) is 0 Å². The van der Waals surface area contributed by atoms with Gasteiger partial charge in [0.15, 0.2) is 0 Å². The molecule has 0 radical (unpaired) electrons. The van der Waals surface area contributed by atoms with Gasteiger partial charge in [-0.15, -0.1) is 0 Å². The van der Waals surface area contributed by atoms with Gasteiger partial charge in [0.25, 0.3) is 0 Å². The van der Waals surface area contributed by atoms with Crippen molar-refractivity contribution in [3.05, 3.63) is 54.7 Å². The van der Waals surface area contributed by atoms with Crippen LogP contribution in [0.25, 0.3) is 22.4 Å². The Morgan fingerprint density at radius 2 is 1.90 bits per heavy atom. The molecule has 2 N–H and O–H groups in total. The summed E-state index contributed by atoms with van der Waals surface area (Å²) < 4.78 is 5.24. The summed E-state index contributed by atoms with van der Waals surface area (Å²) in [6.07, 6.45) is 1.75. The van der Waals surface area contributed by atoms with E-state index < -0.39 is 0 Å². The minimum Gasteiger partial charge on any atom is -0.507 e. The summed E-state index contributed by atoms with van der Waals surface area (Å²) in [6, 6.07) is 14.9. The highest BCUT2D eigenvalue weighted by Gasteiger charge is 2.13. The van der Waals surface area contributed by atoms with Crippen LogP contribution in [0, 0.1) is 0 Å². The van der Waals surface area contributed by atoms with Gasteiger partial charge >= 0.3 is 0 Å². The number of benzene rings is 2. The molecule has 3 rings (SSSR count). The molecule has 0 amide bonds. The van der Waals surface area contributed by atoms with E-state index >= 15 is 0 Å². The summed E-state index contributed by atoms with van der Waals surface area (Å²) in [5, 5.41) is 17.0. The molecule has 20 heavy (non-hydrogen) atoms.